The van der Waals surface area contributed by atoms with Crippen molar-refractivity contribution >= 4 is 16.9 Å². The van der Waals surface area contributed by atoms with Gasteiger partial charge in [0.15, 0.2) is 5.75 Å². The summed E-state index contributed by atoms with van der Waals surface area (Å²) in [6.07, 6.45) is 0.282. The van der Waals surface area contributed by atoms with Gasteiger partial charge in [0.1, 0.15) is 11.0 Å². The van der Waals surface area contributed by atoms with Gasteiger partial charge in [0.2, 0.25) is 0 Å². The van der Waals surface area contributed by atoms with E-state index in [9.17, 15) is 9.59 Å². The van der Waals surface area contributed by atoms with Crippen molar-refractivity contribution < 1.29 is 13.9 Å². The van der Waals surface area contributed by atoms with E-state index in [0.29, 0.717) is 16.5 Å². The second-order valence-electron chi connectivity index (χ2n) is 8.60. The maximum absolute atomic E-state index is 14.0. The number of carbonyl (C=O) groups excluding carboxylic acids is 1. The molecule has 1 aromatic heterocycles. The molecule has 4 aromatic carbocycles. The third-order valence-corrected chi connectivity index (χ3v) is 6.38. The molecular formula is C31H24O4. The highest BCUT2D eigenvalue weighted by molar-refractivity contribution is 5.93. The van der Waals surface area contributed by atoms with Crippen LogP contribution in [0.15, 0.2) is 124 Å². The predicted octanol–water partition coefficient (Wildman–Crippen LogP) is 6.30. The minimum absolute atomic E-state index is 0.240. The maximum atomic E-state index is 14.0. The van der Waals surface area contributed by atoms with E-state index in [-0.39, 0.29) is 12.2 Å². The average Bonchev–Trinajstić information content (AvgIpc) is 2.91. The Morgan fingerprint density at radius 2 is 1.26 bits per heavy atom. The summed E-state index contributed by atoms with van der Waals surface area (Å²) in [4.78, 5) is 27.1. The molecule has 0 bridgehead atoms. The van der Waals surface area contributed by atoms with Crippen molar-refractivity contribution in [3.63, 3.8) is 0 Å². The number of rotatable bonds is 6. The number of carbonyl (C=O) groups is 1. The summed E-state index contributed by atoms with van der Waals surface area (Å²) in [6, 6.07) is 35.8. The molecule has 4 nitrogen and oxygen atoms in total. The van der Waals surface area contributed by atoms with Crippen molar-refractivity contribution in [1.82, 2.24) is 0 Å². The standard InChI is InChI=1S/C31H24O4/c1-31(23-15-7-3-8-16-23,24-17-9-4-10-18-24)30(33)35-28-25-19-11-12-20-27(25)34-29(32)26(28)21-22-13-5-2-6-14-22/h2-20H,21H2,1H3. The van der Waals surface area contributed by atoms with Gasteiger partial charge in [-0.15, -0.1) is 0 Å². The number of para-hydroxylation sites is 1. The Labute approximate surface area is 203 Å². The Balaban J connectivity index is 1.67. The van der Waals surface area contributed by atoms with Gasteiger partial charge in [-0.2, -0.15) is 0 Å². The zero-order valence-electron chi connectivity index (χ0n) is 19.3. The first-order valence-corrected chi connectivity index (χ1v) is 11.5. The molecule has 4 heteroatoms. The third-order valence-electron chi connectivity index (χ3n) is 6.38. The minimum Gasteiger partial charge on any atom is -0.424 e. The monoisotopic (exact) mass is 460 g/mol. The Kier molecular flexibility index (Phi) is 6.02. The molecule has 35 heavy (non-hydrogen) atoms. The second-order valence-corrected chi connectivity index (χ2v) is 8.60. The van der Waals surface area contributed by atoms with Crippen molar-refractivity contribution in [1.29, 1.82) is 0 Å². The van der Waals surface area contributed by atoms with Crippen LogP contribution in [0.4, 0.5) is 0 Å². The zero-order valence-corrected chi connectivity index (χ0v) is 19.3. The summed E-state index contributed by atoms with van der Waals surface area (Å²) in [7, 11) is 0. The number of esters is 1. The highest BCUT2D eigenvalue weighted by atomic mass is 16.5. The Hall–Kier alpha value is -4.44. The molecule has 0 atom stereocenters. The van der Waals surface area contributed by atoms with E-state index in [1.165, 1.54) is 0 Å². The molecule has 0 saturated heterocycles. The van der Waals surface area contributed by atoms with Gasteiger partial charge in [0.25, 0.3) is 0 Å². The smallest absolute Gasteiger partial charge is 0.343 e. The zero-order chi connectivity index (χ0) is 24.3. The summed E-state index contributed by atoms with van der Waals surface area (Å²) in [5.41, 5.74) is 1.59. The topological polar surface area (TPSA) is 56.5 Å². The van der Waals surface area contributed by atoms with Crippen molar-refractivity contribution in [2.24, 2.45) is 0 Å². The number of hydrogen-bond donors (Lipinski definition) is 0. The van der Waals surface area contributed by atoms with Crippen LogP contribution in [0.5, 0.6) is 5.75 Å². The molecule has 0 amide bonds. The van der Waals surface area contributed by atoms with Crippen molar-refractivity contribution in [3.05, 3.63) is 148 Å². The highest BCUT2D eigenvalue weighted by Gasteiger charge is 2.40. The highest BCUT2D eigenvalue weighted by Crippen LogP contribution is 2.36. The summed E-state index contributed by atoms with van der Waals surface area (Å²) in [5, 5.41) is 0.579. The molecule has 172 valence electrons. The van der Waals surface area contributed by atoms with Crippen LogP contribution in [0.25, 0.3) is 11.0 Å². The molecular weight excluding hydrogens is 436 g/mol. The molecule has 0 fully saturated rings. The lowest BCUT2D eigenvalue weighted by Gasteiger charge is -2.29. The van der Waals surface area contributed by atoms with E-state index in [2.05, 4.69) is 0 Å². The van der Waals surface area contributed by atoms with Crippen LogP contribution in [0.2, 0.25) is 0 Å². The average molecular weight is 461 g/mol. The van der Waals surface area contributed by atoms with Gasteiger partial charge in [-0.05, 0) is 35.7 Å². The Morgan fingerprint density at radius 1 is 0.743 bits per heavy atom. The quantitative estimate of drug-likeness (QED) is 0.221. The second kappa shape index (κ2) is 9.43. The van der Waals surface area contributed by atoms with Gasteiger partial charge >= 0.3 is 11.6 Å². The van der Waals surface area contributed by atoms with Gasteiger partial charge in [-0.25, -0.2) is 4.79 Å². The molecule has 1 heterocycles. The summed E-state index contributed by atoms with van der Waals surface area (Å²) >= 11 is 0. The first-order valence-electron chi connectivity index (χ1n) is 11.5. The number of hydrogen-bond acceptors (Lipinski definition) is 4. The van der Waals surface area contributed by atoms with Crippen LogP contribution in [0.3, 0.4) is 0 Å². The lowest BCUT2D eigenvalue weighted by molar-refractivity contribution is -0.138. The van der Waals surface area contributed by atoms with Crippen LogP contribution in [-0.2, 0) is 16.6 Å². The van der Waals surface area contributed by atoms with E-state index in [1.54, 1.807) is 18.2 Å². The molecule has 0 aliphatic rings. The molecule has 0 saturated carbocycles. The molecule has 0 N–H and O–H groups in total. The summed E-state index contributed by atoms with van der Waals surface area (Å²) in [6.45, 7) is 1.85. The number of benzene rings is 4. The lowest BCUT2D eigenvalue weighted by atomic mass is 9.76. The summed E-state index contributed by atoms with van der Waals surface area (Å²) in [5.74, 6) is -0.233. The van der Waals surface area contributed by atoms with Crippen molar-refractivity contribution in [2.75, 3.05) is 0 Å². The number of ether oxygens (including phenoxy) is 1. The first kappa shape index (κ1) is 22.4. The maximum Gasteiger partial charge on any atom is 0.343 e. The largest absolute Gasteiger partial charge is 0.424 e. The molecule has 5 aromatic rings. The first-order chi connectivity index (χ1) is 17.1. The normalized spacial score (nSPS) is 11.3. The minimum atomic E-state index is -1.09. The SMILES string of the molecule is CC(C(=O)Oc1c(Cc2ccccc2)c(=O)oc2ccccc12)(c1ccccc1)c1ccccc1. The molecule has 0 unspecified atom stereocenters. The van der Waals surface area contributed by atoms with Gasteiger partial charge in [-0.1, -0.05) is 103 Å². The lowest BCUT2D eigenvalue weighted by Crippen LogP contribution is -2.38. The van der Waals surface area contributed by atoms with Crippen molar-refractivity contribution in [3.8, 4) is 5.75 Å². The Bertz CT molecular complexity index is 1480. The van der Waals surface area contributed by atoms with Crippen LogP contribution in [0.1, 0.15) is 29.2 Å². The Morgan fingerprint density at radius 3 is 1.86 bits per heavy atom. The molecule has 0 aliphatic carbocycles. The van der Waals surface area contributed by atoms with E-state index >= 15 is 0 Å². The fraction of sp³-hybridized carbons (Fsp3) is 0.0968. The number of fused-ring (bicyclic) bond motifs is 1. The molecule has 0 radical (unpaired) electrons. The van der Waals surface area contributed by atoms with E-state index in [4.69, 9.17) is 9.15 Å². The van der Waals surface area contributed by atoms with Crippen molar-refractivity contribution in [2.45, 2.75) is 18.8 Å². The van der Waals surface area contributed by atoms with E-state index in [1.807, 2.05) is 104 Å². The van der Waals surface area contributed by atoms with Crippen LogP contribution in [-0.4, -0.2) is 5.97 Å². The van der Waals surface area contributed by atoms with Gasteiger partial charge in [0.05, 0.1) is 10.9 Å². The molecule has 0 aliphatic heterocycles. The van der Waals surface area contributed by atoms with E-state index in [0.717, 1.165) is 16.7 Å². The summed E-state index contributed by atoms with van der Waals surface area (Å²) < 4.78 is 11.8. The van der Waals surface area contributed by atoms with Crippen LogP contribution >= 0.6 is 0 Å². The fourth-order valence-corrected chi connectivity index (χ4v) is 4.37. The molecule has 0 spiro atoms. The van der Waals surface area contributed by atoms with Crippen LogP contribution < -0.4 is 10.4 Å². The third kappa shape index (κ3) is 4.26. The fourth-order valence-electron chi connectivity index (χ4n) is 4.37. The van der Waals surface area contributed by atoms with E-state index < -0.39 is 17.0 Å². The molecule has 5 rings (SSSR count). The van der Waals surface area contributed by atoms with Gasteiger partial charge in [-0.3, -0.25) is 4.79 Å². The van der Waals surface area contributed by atoms with Crippen LogP contribution in [0, 0.1) is 0 Å². The van der Waals surface area contributed by atoms with Gasteiger partial charge in [0, 0.05) is 6.42 Å². The van der Waals surface area contributed by atoms with Gasteiger partial charge < -0.3 is 9.15 Å². The predicted molar refractivity (Wildman–Crippen MR) is 137 cm³/mol.